The van der Waals surface area contributed by atoms with Crippen molar-refractivity contribution in [1.82, 2.24) is 10.2 Å². The number of ether oxygens (including phenoxy) is 1. The maximum atomic E-state index is 12.4. The normalized spacial score (nSPS) is 13.3. The second-order valence-electron chi connectivity index (χ2n) is 5.74. The van der Waals surface area contributed by atoms with Gasteiger partial charge in [0.25, 0.3) is 0 Å². The van der Waals surface area contributed by atoms with Gasteiger partial charge in [0.1, 0.15) is 6.54 Å². The number of carbonyl (C=O) groups excluding carboxylic acids is 3. The first-order chi connectivity index (χ1) is 11.0. The number of benzene rings is 1. The molecule has 0 aromatic heterocycles. The summed E-state index contributed by atoms with van der Waals surface area (Å²) in [6, 6.07) is 7.67. The van der Waals surface area contributed by atoms with E-state index in [1.165, 1.54) is 12.0 Å². The minimum Gasteiger partial charge on any atom is -0.468 e. The van der Waals surface area contributed by atoms with Crippen molar-refractivity contribution in [1.29, 1.82) is 0 Å². The Morgan fingerprint density at radius 2 is 1.96 bits per heavy atom. The standard InChI is InChI=1S/C17H22N2O4/c1-12-5-3-4-6-14(12)10-19(11-16(21)23-2)15(20)9-18-17(22)13-7-8-13/h3-6,13H,7-11H2,1-2H3,(H,18,22). The Kier molecular flexibility index (Phi) is 5.73. The molecule has 124 valence electrons. The van der Waals surface area contributed by atoms with E-state index in [0.29, 0.717) is 6.54 Å². The quantitative estimate of drug-likeness (QED) is 0.762. The van der Waals surface area contributed by atoms with Crippen LogP contribution >= 0.6 is 0 Å². The van der Waals surface area contributed by atoms with Crippen LogP contribution in [0.15, 0.2) is 24.3 Å². The number of hydrogen-bond acceptors (Lipinski definition) is 4. The summed E-state index contributed by atoms with van der Waals surface area (Å²) in [4.78, 5) is 37.0. The lowest BCUT2D eigenvalue weighted by Crippen LogP contribution is -2.42. The molecular formula is C17H22N2O4. The third-order valence-corrected chi connectivity index (χ3v) is 3.88. The number of aryl methyl sites for hydroxylation is 1. The van der Waals surface area contributed by atoms with Crippen LogP contribution in [0.3, 0.4) is 0 Å². The molecule has 0 aliphatic heterocycles. The minimum atomic E-state index is -0.486. The topological polar surface area (TPSA) is 75.7 Å². The van der Waals surface area contributed by atoms with Crippen LogP contribution in [0, 0.1) is 12.8 Å². The second-order valence-corrected chi connectivity index (χ2v) is 5.74. The largest absolute Gasteiger partial charge is 0.468 e. The van der Waals surface area contributed by atoms with E-state index in [0.717, 1.165) is 24.0 Å². The molecule has 0 atom stereocenters. The summed E-state index contributed by atoms with van der Waals surface area (Å²) in [5, 5.41) is 2.63. The summed E-state index contributed by atoms with van der Waals surface area (Å²) in [6.45, 7) is 2.02. The van der Waals surface area contributed by atoms with E-state index in [9.17, 15) is 14.4 Å². The van der Waals surface area contributed by atoms with E-state index in [1.54, 1.807) is 0 Å². The molecular weight excluding hydrogens is 296 g/mol. The van der Waals surface area contributed by atoms with Gasteiger partial charge < -0.3 is 15.0 Å². The molecule has 1 aromatic rings. The Hall–Kier alpha value is -2.37. The zero-order valence-corrected chi connectivity index (χ0v) is 13.5. The van der Waals surface area contributed by atoms with Crippen LogP contribution in [0.25, 0.3) is 0 Å². The summed E-state index contributed by atoms with van der Waals surface area (Å²) < 4.78 is 4.65. The monoisotopic (exact) mass is 318 g/mol. The van der Waals surface area contributed by atoms with Gasteiger partial charge in [-0.2, -0.15) is 0 Å². The maximum Gasteiger partial charge on any atom is 0.325 e. The highest BCUT2D eigenvalue weighted by Gasteiger charge is 2.30. The van der Waals surface area contributed by atoms with Gasteiger partial charge in [-0.15, -0.1) is 0 Å². The maximum absolute atomic E-state index is 12.4. The van der Waals surface area contributed by atoms with Crippen molar-refractivity contribution >= 4 is 17.8 Å². The number of methoxy groups -OCH3 is 1. The summed E-state index contributed by atoms with van der Waals surface area (Å²) >= 11 is 0. The lowest BCUT2D eigenvalue weighted by Gasteiger charge is -2.22. The number of carbonyl (C=O) groups is 3. The lowest BCUT2D eigenvalue weighted by molar-refractivity contribution is -0.147. The van der Waals surface area contributed by atoms with Crippen LogP contribution in [0.1, 0.15) is 24.0 Å². The molecule has 0 bridgehead atoms. The van der Waals surface area contributed by atoms with E-state index in [-0.39, 0.29) is 30.8 Å². The molecule has 2 amide bonds. The lowest BCUT2D eigenvalue weighted by atomic mass is 10.1. The minimum absolute atomic E-state index is 0.0493. The fourth-order valence-electron chi connectivity index (χ4n) is 2.21. The Morgan fingerprint density at radius 1 is 1.26 bits per heavy atom. The van der Waals surface area contributed by atoms with Gasteiger partial charge >= 0.3 is 5.97 Å². The van der Waals surface area contributed by atoms with E-state index in [2.05, 4.69) is 10.1 Å². The molecule has 0 radical (unpaired) electrons. The smallest absolute Gasteiger partial charge is 0.325 e. The molecule has 1 aromatic carbocycles. The van der Waals surface area contributed by atoms with Crippen LogP contribution < -0.4 is 5.32 Å². The zero-order chi connectivity index (χ0) is 16.8. The van der Waals surface area contributed by atoms with Crippen molar-refractivity contribution in [2.24, 2.45) is 5.92 Å². The molecule has 0 saturated heterocycles. The average Bonchev–Trinajstić information content (AvgIpc) is 3.38. The van der Waals surface area contributed by atoms with Gasteiger partial charge in [0.15, 0.2) is 0 Å². The first-order valence-electron chi connectivity index (χ1n) is 7.68. The Morgan fingerprint density at radius 3 is 2.57 bits per heavy atom. The first-order valence-corrected chi connectivity index (χ1v) is 7.68. The summed E-state index contributed by atoms with van der Waals surface area (Å²) in [5.41, 5.74) is 2.00. The summed E-state index contributed by atoms with van der Waals surface area (Å²) in [7, 11) is 1.29. The fourth-order valence-corrected chi connectivity index (χ4v) is 2.21. The van der Waals surface area contributed by atoms with Crippen molar-refractivity contribution < 1.29 is 19.1 Å². The Bertz CT molecular complexity index is 596. The number of esters is 1. The van der Waals surface area contributed by atoms with Crippen LogP contribution in [0.2, 0.25) is 0 Å². The SMILES string of the molecule is COC(=O)CN(Cc1ccccc1C)C(=O)CNC(=O)C1CC1. The fraction of sp³-hybridized carbons (Fsp3) is 0.471. The molecule has 1 aliphatic carbocycles. The third kappa shape index (κ3) is 5.09. The predicted octanol–water partition coefficient (Wildman–Crippen LogP) is 1.02. The third-order valence-electron chi connectivity index (χ3n) is 3.88. The predicted molar refractivity (Wildman–Crippen MR) is 84.3 cm³/mol. The van der Waals surface area contributed by atoms with E-state index in [4.69, 9.17) is 0 Å². The molecule has 0 heterocycles. The highest BCUT2D eigenvalue weighted by molar-refractivity contribution is 5.88. The number of nitrogens with zero attached hydrogens (tertiary/aromatic N) is 1. The van der Waals surface area contributed by atoms with Crippen LogP contribution in [0.5, 0.6) is 0 Å². The van der Waals surface area contributed by atoms with E-state index < -0.39 is 5.97 Å². The van der Waals surface area contributed by atoms with Crippen LogP contribution in [-0.2, 0) is 25.7 Å². The van der Waals surface area contributed by atoms with Crippen LogP contribution in [0.4, 0.5) is 0 Å². The van der Waals surface area contributed by atoms with Gasteiger partial charge in [-0.1, -0.05) is 24.3 Å². The molecule has 23 heavy (non-hydrogen) atoms. The number of hydrogen-bond donors (Lipinski definition) is 1. The average molecular weight is 318 g/mol. The Balaban J connectivity index is 2.00. The van der Waals surface area contributed by atoms with Gasteiger partial charge in [0.2, 0.25) is 11.8 Å². The molecule has 1 N–H and O–H groups in total. The molecule has 2 rings (SSSR count). The van der Waals surface area contributed by atoms with E-state index in [1.807, 2.05) is 31.2 Å². The van der Waals surface area contributed by atoms with Crippen molar-refractivity contribution in [2.75, 3.05) is 20.2 Å². The van der Waals surface area contributed by atoms with Gasteiger partial charge in [0, 0.05) is 12.5 Å². The highest BCUT2D eigenvalue weighted by Crippen LogP contribution is 2.28. The summed E-state index contributed by atoms with van der Waals surface area (Å²) in [6.07, 6.45) is 1.77. The molecule has 0 spiro atoms. The van der Waals surface area contributed by atoms with Gasteiger partial charge in [-0.25, -0.2) is 0 Å². The van der Waals surface area contributed by atoms with Crippen molar-refractivity contribution in [3.05, 3.63) is 35.4 Å². The number of amides is 2. The number of nitrogens with one attached hydrogen (secondary N) is 1. The molecule has 6 heteroatoms. The van der Waals surface area contributed by atoms with Gasteiger partial charge in [-0.05, 0) is 30.9 Å². The summed E-state index contributed by atoms with van der Waals surface area (Å²) in [5.74, 6) is -0.825. The number of rotatable bonds is 7. The molecule has 0 unspecified atom stereocenters. The van der Waals surface area contributed by atoms with Crippen molar-refractivity contribution in [3.8, 4) is 0 Å². The molecule has 1 aliphatic rings. The van der Waals surface area contributed by atoms with Gasteiger partial charge in [0.05, 0.1) is 13.7 Å². The molecule has 1 fully saturated rings. The second kappa shape index (κ2) is 7.76. The Labute approximate surface area is 135 Å². The van der Waals surface area contributed by atoms with Crippen molar-refractivity contribution in [3.63, 3.8) is 0 Å². The van der Waals surface area contributed by atoms with Gasteiger partial charge in [-0.3, -0.25) is 14.4 Å². The van der Waals surface area contributed by atoms with E-state index >= 15 is 0 Å². The first kappa shape index (κ1) is 17.0. The molecule has 6 nitrogen and oxygen atoms in total. The zero-order valence-electron chi connectivity index (χ0n) is 13.5. The highest BCUT2D eigenvalue weighted by atomic mass is 16.5. The molecule has 1 saturated carbocycles. The van der Waals surface area contributed by atoms with Crippen molar-refractivity contribution in [2.45, 2.75) is 26.3 Å². The van der Waals surface area contributed by atoms with Crippen LogP contribution in [-0.4, -0.2) is 42.9 Å².